The van der Waals surface area contributed by atoms with Gasteiger partial charge in [-0.1, -0.05) is 12.1 Å². The number of aryl methyl sites for hydroxylation is 1. The minimum Gasteiger partial charge on any atom is -0.453 e. The van der Waals surface area contributed by atoms with E-state index in [-0.39, 0.29) is 0 Å². The summed E-state index contributed by atoms with van der Waals surface area (Å²) in [6, 6.07) is 10.3. The first-order valence-electron chi connectivity index (χ1n) is 8.45. The Morgan fingerprint density at radius 1 is 1.08 bits per heavy atom. The van der Waals surface area contributed by atoms with Crippen LogP contribution in [0.5, 0.6) is 0 Å². The molecule has 1 aliphatic rings. The average Bonchev–Trinajstić information content (AvgIpc) is 2.65. The number of anilines is 3. The first-order chi connectivity index (χ1) is 12.1. The average molecular weight is 340 g/mol. The lowest BCUT2D eigenvalue weighted by Gasteiger charge is -2.37. The van der Waals surface area contributed by atoms with Gasteiger partial charge in [0.05, 0.1) is 19.0 Å². The molecule has 6 heteroatoms. The second kappa shape index (κ2) is 7.42. The van der Waals surface area contributed by atoms with Crippen molar-refractivity contribution < 1.29 is 9.53 Å². The van der Waals surface area contributed by atoms with Crippen LogP contribution in [0.1, 0.15) is 11.1 Å². The van der Waals surface area contributed by atoms with Crippen LogP contribution < -0.4 is 15.1 Å². The monoisotopic (exact) mass is 340 g/mol. The van der Waals surface area contributed by atoms with Gasteiger partial charge in [-0.15, -0.1) is 0 Å². The lowest BCUT2D eigenvalue weighted by Crippen LogP contribution is -2.47. The molecule has 0 atom stereocenters. The van der Waals surface area contributed by atoms with Gasteiger partial charge >= 0.3 is 6.09 Å². The van der Waals surface area contributed by atoms with Crippen molar-refractivity contribution in [1.82, 2.24) is 4.98 Å². The largest absolute Gasteiger partial charge is 0.453 e. The van der Waals surface area contributed by atoms with Crippen molar-refractivity contribution in [2.45, 2.75) is 13.8 Å². The summed E-state index contributed by atoms with van der Waals surface area (Å²) >= 11 is 0. The molecule has 0 aliphatic carbocycles. The zero-order valence-electron chi connectivity index (χ0n) is 15.0. The van der Waals surface area contributed by atoms with Crippen molar-refractivity contribution in [3.63, 3.8) is 0 Å². The quantitative estimate of drug-likeness (QED) is 0.930. The second-order valence-corrected chi connectivity index (χ2v) is 6.21. The van der Waals surface area contributed by atoms with Crippen LogP contribution in [0.3, 0.4) is 0 Å². The molecule has 0 saturated carbocycles. The normalized spacial score (nSPS) is 14.4. The molecule has 1 amide bonds. The van der Waals surface area contributed by atoms with Crippen LogP contribution in [0.4, 0.5) is 22.0 Å². The van der Waals surface area contributed by atoms with Crippen molar-refractivity contribution in [2.75, 3.05) is 48.4 Å². The van der Waals surface area contributed by atoms with Crippen molar-refractivity contribution in [2.24, 2.45) is 0 Å². The highest BCUT2D eigenvalue weighted by atomic mass is 16.5. The van der Waals surface area contributed by atoms with Gasteiger partial charge in [0.25, 0.3) is 0 Å². The highest BCUT2D eigenvalue weighted by molar-refractivity contribution is 5.84. The summed E-state index contributed by atoms with van der Waals surface area (Å²) in [5, 5.41) is 2.61. The number of hydrogen-bond donors (Lipinski definition) is 1. The van der Waals surface area contributed by atoms with Gasteiger partial charge in [-0.2, -0.15) is 0 Å². The smallest absolute Gasteiger partial charge is 0.411 e. The Bertz CT molecular complexity index is 738. The number of benzene rings is 1. The predicted octanol–water partition coefficient (Wildman–Crippen LogP) is 3.20. The van der Waals surface area contributed by atoms with Crippen LogP contribution >= 0.6 is 0 Å². The summed E-state index contributed by atoms with van der Waals surface area (Å²) in [6.07, 6.45) is 1.17. The number of hydrogen-bond acceptors (Lipinski definition) is 5. The van der Waals surface area contributed by atoms with E-state index < -0.39 is 6.09 Å². The Labute approximate surface area is 148 Å². The van der Waals surface area contributed by atoms with Crippen LogP contribution in [0.25, 0.3) is 0 Å². The summed E-state index contributed by atoms with van der Waals surface area (Å²) in [7, 11) is 1.34. The van der Waals surface area contributed by atoms with Crippen molar-refractivity contribution in [1.29, 1.82) is 0 Å². The minimum atomic E-state index is -0.489. The predicted molar refractivity (Wildman–Crippen MR) is 101 cm³/mol. The molecular weight excluding hydrogens is 316 g/mol. The van der Waals surface area contributed by atoms with Gasteiger partial charge in [-0.05, 0) is 43.2 Å². The summed E-state index contributed by atoms with van der Waals surface area (Å²) in [6.45, 7) is 8.12. The van der Waals surface area contributed by atoms with E-state index in [4.69, 9.17) is 0 Å². The van der Waals surface area contributed by atoms with E-state index in [1.807, 2.05) is 12.1 Å². The number of nitrogens with zero attached hydrogens (tertiary/aromatic N) is 3. The Morgan fingerprint density at radius 2 is 1.80 bits per heavy atom. The molecule has 1 N–H and O–H groups in total. The highest BCUT2D eigenvalue weighted by Crippen LogP contribution is 2.25. The topological polar surface area (TPSA) is 57.7 Å². The summed E-state index contributed by atoms with van der Waals surface area (Å²) in [4.78, 5) is 20.4. The number of ether oxygens (including phenoxy) is 1. The molecule has 2 aromatic rings. The maximum Gasteiger partial charge on any atom is 0.411 e. The van der Waals surface area contributed by atoms with E-state index in [2.05, 4.69) is 56.9 Å². The Kier molecular flexibility index (Phi) is 5.07. The van der Waals surface area contributed by atoms with Crippen LogP contribution in [0, 0.1) is 13.8 Å². The van der Waals surface area contributed by atoms with E-state index in [0.29, 0.717) is 5.69 Å². The third kappa shape index (κ3) is 3.84. The number of nitrogens with one attached hydrogen (secondary N) is 1. The van der Waals surface area contributed by atoms with Crippen LogP contribution in [-0.2, 0) is 4.74 Å². The number of carbonyl (C=O) groups excluding carboxylic acids is 1. The van der Waals surface area contributed by atoms with E-state index in [0.717, 1.165) is 32.0 Å². The molecule has 1 aliphatic heterocycles. The van der Waals surface area contributed by atoms with Gasteiger partial charge in [0.2, 0.25) is 0 Å². The molecular formula is C19H24N4O2. The minimum absolute atomic E-state index is 0.489. The Morgan fingerprint density at radius 3 is 2.44 bits per heavy atom. The summed E-state index contributed by atoms with van der Waals surface area (Å²) in [5.41, 5.74) is 4.64. The van der Waals surface area contributed by atoms with E-state index in [1.165, 1.54) is 23.9 Å². The first-order valence-corrected chi connectivity index (χ1v) is 8.45. The van der Waals surface area contributed by atoms with Gasteiger partial charge in [-0.3, -0.25) is 5.32 Å². The summed E-state index contributed by atoms with van der Waals surface area (Å²) < 4.78 is 4.58. The van der Waals surface area contributed by atoms with Crippen LogP contribution in [-0.4, -0.2) is 44.4 Å². The number of amides is 1. The van der Waals surface area contributed by atoms with Crippen molar-refractivity contribution >= 4 is 23.3 Å². The molecule has 6 nitrogen and oxygen atoms in total. The number of piperazine rings is 1. The van der Waals surface area contributed by atoms with Crippen molar-refractivity contribution in [3.8, 4) is 0 Å². The molecule has 0 unspecified atom stereocenters. The molecule has 25 heavy (non-hydrogen) atoms. The fraction of sp³-hybridized carbons (Fsp3) is 0.368. The second-order valence-electron chi connectivity index (χ2n) is 6.21. The molecule has 3 rings (SSSR count). The van der Waals surface area contributed by atoms with Gasteiger partial charge in [0.15, 0.2) is 0 Å². The van der Waals surface area contributed by atoms with Crippen LogP contribution in [0.15, 0.2) is 36.5 Å². The molecule has 132 valence electrons. The molecule has 0 bridgehead atoms. The number of carbonyl (C=O) groups is 1. The van der Waals surface area contributed by atoms with E-state index in [1.54, 1.807) is 6.20 Å². The standard InChI is InChI=1S/C19H24N4O2/c1-14-5-4-6-17(15(14)2)22-9-11-23(12-10-22)18-8-7-16(13-20-18)21-19(24)25-3/h4-8,13H,9-12H2,1-3H3,(H,21,24). The van der Waals surface area contributed by atoms with Crippen molar-refractivity contribution in [3.05, 3.63) is 47.7 Å². The molecule has 1 fully saturated rings. The van der Waals surface area contributed by atoms with Gasteiger partial charge < -0.3 is 14.5 Å². The Balaban J connectivity index is 1.62. The molecule has 0 spiro atoms. The zero-order valence-corrected chi connectivity index (χ0v) is 15.0. The molecule has 0 radical (unpaired) electrons. The molecule has 1 aromatic carbocycles. The van der Waals surface area contributed by atoms with Gasteiger partial charge in [0, 0.05) is 31.9 Å². The number of aromatic nitrogens is 1. The van der Waals surface area contributed by atoms with Gasteiger partial charge in [0.1, 0.15) is 5.82 Å². The summed E-state index contributed by atoms with van der Waals surface area (Å²) in [5.74, 6) is 0.927. The number of pyridine rings is 1. The fourth-order valence-corrected chi connectivity index (χ4v) is 3.07. The highest BCUT2D eigenvalue weighted by Gasteiger charge is 2.19. The van der Waals surface area contributed by atoms with E-state index >= 15 is 0 Å². The molecule has 1 aromatic heterocycles. The number of rotatable bonds is 3. The SMILES string of the molecule is COC(=O)Nc1ccc(N2CCN(c3cccc(C)c3C)CC2)nc1. The lowest BCUT2D eigenvalue weighted by atomic mass is 10.1. The maximum atomic E-state index is 11.2. The fourth-order valence-electron chi connectivity index (χ4n) is 3.07. The molecule has 1 saturated heterocycles. The lowest BCUT2D eigenvalue weighted by molar-refractivity contribution is 0.187. The zero-order chi connectivity index (χ0) is 17.8. The van der Waals surface area contributed by atoms with Gasteiger partial charge in [-0.25, -0.2) is 9.78 Å². The third-order valence-electron chi connectivity index (χ3n) is 4.70. The molecule has 2 heterocycles. The third-order valence-corrected chi connectivity index (χ3v) is 4.70. The Hall–Kier alpha value is -2.76. The van der Waals surface area contributed by atoms with E-state index in [9.17, 15) is 4.79 Å². The first kappa shape index (κ1) is 17.1. The number of methoxy groups -OCH3 is 1. The van der Waals surface area contributed by atoms with Crippen LogP contribution in [0.2, 0.25) is 0 Å². The maximum absolute atomic E-state index is 11.2.